The van der Waals surface area contributed by atoms with Crippen molar-refractivity contribution in [3.63, 3.8) is 0 Å². The maximum Gasteiger partial charge on any atom is 0.0308 e. The molecular weight excluding hydrogens is 196 g/mol. The molecule has 1 aliphatic heterocycles. The average Bonchev–Trinajstić information content (AvgIpc) is 2.50. The topological polar surface area (TPSA) is 15.3 Å². The van der Waals surface area contributed by atoms with Crippen LogP contribution in [-0.2, 0) is 0 Å². The molecule has 1 heterocycles. The van der Waals surface area contributed by atoms with Gasteiger partial charge in [0.25, 0.3) is 0 Å². The van der Waals surface area contributed by atoms with E-state index in [1.165, 1.54) is 77.5 Å². The van der Waals surface area contributed by atoms with E-state index in [0.717, 1.165) is 0 Å². The lowest BCUT2D eigenvalue weighted by atomic mass is 9.81. The van der Waals surface area contributed by atoms with Crippen LogP contribution in [0.25, 0.3) is 0 Å². The highest BCUT2D eigenvalue weighted by Gasteiger charge is 2.34. The van der Waals surface area contributed by atoms with Crippen molar-refractivity contribution in [2.75, 3.05) is 26.2 Å². The Labute approximate surface area is 101 Å². The summed E-state index contributed by atoms with van der Waals surface area (Å²) in [6.07, 6.45) is 11.2. The molecule has 1 aliphatic carbocycles. The molecular formula is C14H28N2. The summed E-state index contributed by atoms with van der Waals surface area (Å²) in [5.74, 6) is 0. The highest BCUT2D eigenvalue weighted by atomic mass is 15.2. The summed E-state index contributed by atoms with van der Waals surface area (Å²) in [6.45, 7) is 7.48. The van der Waals surface area contributed by atoms with E-state index in [-0.39, 0.29) is 0 Å². The lowest BCUT2D eigenvalue weighted by molar-refractivity contribution is 0.163. The number of rotatable bonds is 3. The van der Waals surface area contributed by atoms with E-state index >= 15 is 0 Å². The lowest BCUT2D eigenvalue weighted by Crippen LogP contribution is -2.52. The van der Waals surface area contributed by atoms with E-state index in [1.807, 2.05) is 0 Å². The van der Waals surface area contributed by atoms with Gasteiger partial charge in [-0.15, -0.1) is 0 Å². The maximum atomic E-state index is 3.86. The van der Waals surface area contributed by atoms with Gasteiger partial charge < -0.3 is 10.2 Å². The Hall–Kier alpha value is -0.0800. The normalized spacial score (nSPS) is 26.8. The van der Waals surface area contributed by atoms with Gasteiger partial charge in [0, 0.05) is 12.1 Å². The Kier molecular flexibility index (Phi) is 4.66. The predicted molar refractivity (Wildman–Crippen MR) is 69.8 cm³/mol. The van der Waals surface area contributed by atoms with Gasteiger partial charge in [-0.25, -0.2) is 0 Å². The van der Waals surface area contributed by atoms with E-state index in [2.05, 4.69) is 17.1 Å². The van der Waals surface area contributed by atoms with Crippen LogP contribution in [0.4, 0.5) is 0 Å². The van der Waals surface area contributed by atoms with Crippen LogP contribution < -0.4 is 5.32 Å². The Morgan fingerprint density at radius 2 is 1.94 bits per heavy atom. The second-order valence-electron chi connectivity index (χ2n) is 5.75. The third-order valence-electron chi connectivity index (χ3n) is 4.32. The number of nitrogens with zero attached hydrogens (tertiary/aromatic N) is 1. The third-order valence-corrected chi connectivity index (χ3v) is 4.32. The van der Waals surface area contributed by atoms with Crippen molar-refractivity contribution < 1.29 is 0 Å². The Morgan fingerprint density at radius 1 is 1.12 bits per heavy atom. The fraction of sp³-hybridized carbons (Fsp3) is 1.00. The fourth-order valence-electron chi connectivity index (χ4n) is 3.36. The van der Waals surface area contributed by atoms with Gasteiger partial charge in [0.15, 0.2) is 0 Å². The first-order chi connectivity index (χ1) is 7.85. The molecule has 0 radical (unpaired) electrons. The molecule has 2 nitrogen and oxygen atoms in total. The Morgan fingerprint density at radius 3 is 2.69 bits per heavy atom. The van der Waals surface area contributed by atoms with E-state index in [0.29, 0.717) is 5.54 Å². The van der Waals surface area contributed by atoms with Crippen molar-refractivity contribution in [1.82, 2.24) is 10.2 Å². The van der Waals surface area contributed by atoms with E-state index in [1.54, 1.807) is 0 Å². The van der Waals surface area contributed by atoms with Crippen LogP contribution in [-0.4, -0.2) is 36.6 Å². The van der Waals surface area contributed by atoms with Crippen molar-refractivity contribution in [1.29, 1.82) is 0 Å². The Balaban J connectivity index is 1.91. The fourth-order valence-corrected chi connectivity index (χ4v) is 3.36. The van der Waals surface area contributed by atoms with Crippen LogP contribution in [0.15, 0.2) is 0 Å². The molecule has 0 bridgehead atoms. The van der Waals surface area contributed by atoms with Crippen LogP contribution in [0.3, 0.4) is 0 Å². The molecule has 2 rings (SSSR count). The molecule has 1 N–H and O–H groups in total. The highest BCUT2D eigenvalue weighted by Crippen LogP contribution is 2.30. The van der Waals surface area contributed by atoms with Crippen LogP contribution in [0, 0.1) is 0 Å². The molecule has 0 aromatic heterocycles. The number of nitrogens with one attached hydrogen (secondary N) is 1. The van der Waals surface area contributed by atoms with E-state index in [4.69, 9.17) is 0 Å². The van der Waals surface area contributed by atoms with Crippen molar-refractivity contribution in [2.24, 2.45) is 0 Å². The summed E-state index contributed by atoms with van der Waals surface area (Å²) in [5, 5.41) is 3.86. The number of unbranched alkanes of at least 4 members (excludes halogenated alkanes) is 1. The van der Waals surface area contributed by atoms with Gasteiger partial charge in [-0.2, -0.15) is 0 Å². The minimum absolute atomic E-state index is 0.489. The number of hydrogen-bond acceptors (Lipinski definition) is 2. The average molecular weight is 224 g/mol. The Bertz CT molecular complexity index is 197. The molecule has 2 aliphatic rings. The maximum absolute atomic E-state index is 3.86. The first kappa shape index (κ1) is 12.4. The zero-order chi connectivity index (χ0) is 11.3. The SMILES string of the molecule is CCCCN1CCCNC2(CCCCC2)C1. The second-order valence-corrected chi connectivity index (χ2v) is 5.75. The first-order valence-corrected chi connectivity index (χ1v) is 7.32. The molecule has 16 heavy (non-hydrogen) atoms. The van der Waals surface area contributed by atoms with Gasteiger partial charge in [0.2, 0.25) is 0 Å². The standard InChI is InChI=1S/C14H28N2/c1-2-3-11-16-12-7-10-15-14(13-16)8-5-4-6-9-14/h15H,2-13H2,1H3. The largest absolute Gasteiger partial charge is 0.310 e. The third kappa shape index (κ3) is 3.21. The second kappa shape index (κ2) is 6.02. The molecule has 0 aromatic rings. The molecule has 94 valence electrons. The van der Waals surface area contributed by atoms with Crippen LogP contribution >= 0.6 is 0 Å². The highest BCUT2D eigenvalue weighted by molar-refractivity contribution is 4.95. The molecule has 0 amide bonds. The zero-order valence-electron chi connectivity index (χ0n) is 10.9. The molecule has 2 fully saturated rings. The van der Waals surface area contributed by atoms with Crippen molar-refractivity contribution in [3.05, 3.63) is 0 Å². The lowest BCUT2D eigenvalue weighted by Gasteiger charge is -2.40. The molecule has 1 saturated heterocycles. The summed E-state index contributed by atoms with van der Waals surface area (Å²) < 4.78 is 0. The van der Waals surface area contributed by atoms with Gasteiger partial charge in [-0.3, -0.25) is 0 Å². The van der Waals surface area contributed by atoms with E-state index < -0.39 is 0 Å². The zero-order valence-corrected chi connectivity index (χ0v) is 10.9. The monoisotopic (exact) mass is 224 g/mol. The number of hydrogen-bond donors (Lipinski definition) is 1. The van der Waals surface area contributed by atoms with Crippen LogP contribution in [0.5, 0.6) is 0 Å². The van der Waals surface area contributed by atoms with Crippen molar-refractivity contribution in [2.45, 2.75) is 63.8 Å². The summed E-state index contributed by atoms with van der Waals surface area (Å²) in [5.41, 5.74) is 0.489. The van der Waals surface area contributed by atoms with Crippen molar-refractivity contribution >= 4 is 0 Å². The molecule has 1 spiro atoms. The summed E-state index contributed by atoms with van der Waals surface area (Å²) >= 11 is 0. The van der Waals surface area contributed by atoms with Gasteiger partial charge in [-0.1, -0.05) is 32.6 Å². The summed E-state index contributed by atoms with van der Waals surface area (Å²) in [4.78, 5) is 2.72. The van der Waals surface area contributed by atoms with E-state index in [9.17, 15) is 0 Å². The first-order valence-electron chi connectivity index (χ1n) is 7.32. The smallest absolute Gasteiger partial charge is 0.0308 e. The molecule has 2 heteroatoms. The molecule has 0 unspecified atom stereocenters. The van der Waals surface area contributed by atoms with Crippen LogP contribution in [0.2, 0.25) is 0 Å². The summed E-state index contributed by atoms with van der Waals surface area (Å²) in [7, 11) is 0. The molecule has 0 aromatic carbocycles. The minimum Gasteiger partial charge on any atom is -0.310 e. The van der Waals surface area contributed by atoms with Gasteiger partial charge in [0.1, 0.15) is 0 Å². The van der Waals surface area contributed by atoms with Crippen molar-refractivity contribution in [3.8, 4) is 0 Å². The van der Waals surface area contributed by atoms with Gasteiger partial charge in [-0.05, 0) is 45.3 Å². The quantitative estimate of drug-likeness (QED) is 0.793. The molecule has 1 saturated carbocycles. The predicted octanol–water partition coefficient (Wildman–Crippen LogP) is 2.78. The van der Waals surface area contributed by atoms with Gasteiger partial charge in [0.05, 0.1) is 0 Å². The van der Waals surface area contributed by atoms with Crippen LogP contribution in [0.1, 0.15) is 58.3 Å². The molecule has 0 atom stereocenters. The summed E-state index contributed by atoms with van der Waals surface area (Å²) in [6, 6.07) is 0. The van der Waals surface area contributed by atoms with Gasteiger partial charge >= 0.3 is 0 Å². The minimum atomic E-state index is 0.489.